The van der Waals surface area contributed by atoms with Crippen molar-refractivity contribution >= 4 is 22.6 Å². The first-order valence-corrected chi connectivity index (χ1v) is 6.64. The average Bonchev–Trinajstić information content (AvgIpc) is 2.29. The van der Waals surface area contributed by atoms with Crippen molar-refractivity contribution in [2.24, 2.45) is 0 Å². The highest BCUT2D eigenvalue weighted by Crippen LogP contribution is 2.34. The number of halogens is 1. The van der Waals surface area contributed by atoms with Gasteiger partial charge in [-0.3, -0.25) is 0 Å². The number of benzene rings is 1. The number of nitrogens with zero attached hydrogens (tertiary/aromatic N) is 1. The van der Waals surface area contributed by atoms with E-state index < -0.39 is 0 Å². The smallest absolute Gasteiger partial charge is 0.139 e. The van der Waals surface area contributed by atoms with Gasteiger partial charge in [0.15, 0.2) is 0 Å². The van der Waals surface area contributed by atoms with Crippen molar-refractivity contribution in [3.63, 3.8) is 0 Å². The lowest BCUT2D eigenvalue weighted by molar-refractivity contribution is 0.303. The molecule has 0 bridgehead atoms. The molecule has 3 nitrogen and oxygen atoms in total. The normalized spacial score (nSPS) is 12.6. The van der Waals surface area contributed by atoms with E-state index in [0.717, 1.165) is 27.1 Å². The third-order valence-corrected chi connectivity index (χ3v) is 3.82. The van der Waals surface area contributed by atoms with E-state index in [4.69, 9.17) is 9.47 Å². The van der Waals surface area contributed by atoms with E-state index in [1.807, 2.05) is 12.1 Å². The van der Waals surface area contributed by atoms with Gasteiger partial charge in [0, 0.05) is 11.6 Å². The number of rotatable bonds is 5. The lowest BCUT2D eigenvalue weighted by atomic mass is 10.0. The summed E-state index contributed by atoms with van der Waals surface area (Å²) in [5, 5.41) is 0. The summed E-state index contributed by atoms with van der Waals surface area (Å²) in [6.45, 7) is 2.19. The molecule has 0 N–H and O–H groups in total. The summed E-state index contributed by atoms with van der Waals surface area (Å²) in [5.41, 5.74) is 1.14. The number of methoxy groups -OCH3 is 2. The third kappa shape index (κ3) is 3.48. The molecule has 0 aromatic heterocycles. The summed E-state index contributed by atoms with van der Waals surface area (Å²) >= 11 is 2.29. The predicted molar refractivity (Wildman–Crippen MR) is 79.1 cm³/mol. The molecule has 1 aromatic rings. The Bertz CT molecular complexity index is 380. The summed E-state index contributed by atoms with van der Waals surface area (Å²) in [7, 11) is 7.57. The van der Waals surface area contributed by atoms with Gasteiger partial charge in [-0.1, -0.05) is 0 Å². The first-order chi connectivity index (χ1) is 8.01. The molecule has 0 amide bonds. The topological polar surface area (TPSA) is 21.7 Å². The SMILES string of the molecule is COc1ccc(I)c(OC)c1C[C@@H](C)N(C)C. The zero-order valence-electron chi connectivity index (χ0n) is 11.1. The van der Waals surface area contributed by atoms with Crippen LogP contribution in [0.4, 0.5) is 0 Å². The maximum absolute atomic E-state index is 5.49. The zero-order valence-corrected chi connectivity index (χ0v) is 13.2. The monoisotopic (exact) mass is 349 g/mol. The van der Waals surface area contributed by atoms with Crippen LogP contribution in [0.25, 0.3) is 0 Å². The fraction of sp³-hybridized carbons (Fsp3) is 0.538. The molecular weight excluding hydrogens is 329 g/mol. The molecule has 96 valence electrons. The summed E-state index contributed by atoms with van der Waals surface area (Å²) < 4.78 is 12.0. The molecule has 1 aromatic carbocycles. The second-order valence-electron chi connectivity index (χ2n) is 4.28. The van der Waals surface area contributed by atoms with Crippen LogP contribution in [0.5, 0.6) is 11.5 Å². The Morgan fingerprint density at radius 1 is 1.24 bits per heavy atom. The van der Waals surface area contributed by atoms with E-state index in [1.165, 1.54) is 0 Å². The van der Waals surface area contributed by atoms with Crippen molar-refractivity contribution in [2.45, 2.75) is 19.4 Å². The number of hydrogen-bond donors (Lipinski definition) is 0. The van der Waals surface area contributed by atoms with Crippen molar-refractivity contribution in [1.82, 2.24) is 4.90 Å². The minimum atomic E-state index is 0.441. The van der Waals surface area contributed by atoms with Crippen LogP contribution in [0.3, 0.4) is 0 Å². The van der Waals surface area contributed by atoms with Crippen LogP contribution in [0.1, 0.15) is 12.5 Å². The summed E-state index contributed by atoms with van der Waals surface area (Å²) in [6.07, 6.45) is 0.913. The highest BCUT2D eigenvalue weighted by Gasteiger charge is 2.17. The molecule has 0 radical (unpaired) electrons. The molecule has 0 fully saturated rings. The van der Waals surface area contributed by atoms with Crippen molar-refractivity contribution in [1.29, 1.82) is 0 Å². The molecular formula is C13H20INO2. The van der Waals surface area contributed by atoms with Crippen molar-refractivity contribution < 1.29 is 9.47 Å². The van der Waals surface area contributed by atoms with Crippen LogP contribution in [0, 0.1) is 3.57 Å². The van der Waals surface area contributed by atoms with Gasteiger partial charge in [0.2, 0.25) is 0 Å². The van der Waals surface area contributed by atoms with Crippen LogP contribution >= 0.6 is 22.6 Å². The van der Waals surface area contributed by atoms with Crippen LogP contribution in [-0.4, -0.2) is 39.3 Å². The van der Waals surface area contributed by atoms with Gasteiger partial charge < -0.3 is 14.4 Å². The predicted octanol–water partition coefficient (Wildman–Crippen LogP) is 2.80. The first kappa shape index (κ1) is 14.6. The van der Waals surface area contributed by atoms with E-state index in [1.54, 1.807) is 14.2 Å². The van der Waals surface area contributed by atoms with E-state index in [2.05, 4.69) is 48.5 Å². The van der Waals surface area contributed by atoms with E-state index >= 15 is 0 Å². The highest BCUT2D eigenvalue weighted by molar-refractivity contribution is 14.1. The van der Waals surface area contributed by atoms with Crippen LogP contribution in [0.2, 0.25) is 0 Å². The Kier molecular flexibility index (Phi) is 5.52. The Labute approximate surface area is 117 Å². The Balaban J connectivity index is 3.13. The Hall–Kier alpha value is -0.490. The molecule has 0 saturated carbocycles. The third-order valence-electron chi connectivity index (χ3n) is 2.97. The van der Waals surface area contributed by atoms with Gasteiger partial charge in [0.25, 0.3) is 0 Å². The fourth-order valence-corrected chi connectivity index (χ4v) is 2.39. The summed E-state index contributed by atoms with van der Waals surface area (Å²) in [6, 6.07) is 4.46. The minimum absolute atomic E-state index is 0.441. The van der Waals surface area contributed by atoms with Gasteiger partial charge in [0.05, 0.1) is 17.8 Å². The molecule has 1 atom stereocenters. The molecule has 4 heteroatoms. The van der Waals surface area contributed by atoms with Crippen LogP contribution < -0.4 is 9.47 Å². The maximum Gasteiger partial charge on any atom is 0.139 e. The van der Waals surface area contributed by atoms with Crippen LogP contribution in [0.15, 0.2) is 12.1 Å². The maximum atomic E-state index is 5.49. The lowest BCUT2D eigenvalue weighted by Gasteiger charge is -2.22. The Morgan fingerprint density at radius 3 is 2.35 bits per heavy atom. The van der Waals surface area contributed by atoms with Gasteiger partial charge in [-0.2, -0.15) is 0 Å². The summed E-state index contributed by atoms with van der Waals surface area (Å²) in [5.74, 6) is 1.83. The van der Waals surface area contributed by atoms with E-state index in [0.29, 0.717) is 6.04 Å². The zero-order chi connectivity index (χ0) is 13.0. The number of hydrogen-bond acceptors (Lipinski definition) is 3. The largest absolute Gasteiger partial charge is 0.496 e. The molecule has 0 saturated heterocycles. The molecule has 0 heterocycles. The summed E-state index contributed by atoms with van der Waals surface area (Å²) in [4.78, 5) is 2.19. The minimum Gasteiger partial charge on any atom is -0.496 e. The molecule has 17 heavy (non-hydrogen) atoms. The average molecular weight is 349 g/mol. The van der Waals surface area contributed by atoms with Crippen molar-refractivity contribution in [3.8, 4) is 11.5 Å². The molecule has 0 aliphatic heterocycles. The van der Waals surface area contributed by atoms with E-state index in [-0.39, 0.29) is 0 Å². The van der Waals surface area contributed by atoms with Crippen LogP contribution in [-0.2, 0) is 6.42 Å². The fourth-order valence-electron chi connectivity index (χ4n) is 1.66. The molecule has 1 rings (SSSR count). The second kappa shape index (κ2) is 6.44. The quantitative estimate of drug-likeness (QED) is 0.763. The van der Waals surface area contributed by atoms with Gasteiger partial charge in [-0.25, -0.2) is 0 Å². The lowest BCUT2D eigenvalue weighted by Crippen LogP contribution is -2.27. The van der Waals surface area contributed by atoms with Gasteiger partial charge in [0.1, 0.15) is 11.5 Å². The van der Waals surface area contributed by atoms with Crippen molar-refractivity contribution in [3.05, 3.63) is 21.3 Å². The van der Waals surface area contributed by atoms with E-state index in [9.17, 15) is 0 Å². The van der Waals surface area contributed by atoms with Gasteiger partial charge >= 0.3 is 0 Å². The second-order valence-corrected chi connectivity index (χ2v) is 5.44. The van der Waals surface area contributed by atoms with Gasteiger partial charge in [-0.15, -0.1) is 0 Å². The number of ether oxygens (including phenoxy) is 2. The Morgan fingerprint density at radius 2 is 1.88 bits per heavy atom. The standard InChI is InChI=1S/C13H20INO2/c1-9(15(2)3)8-10-12(16-4)7-6-11(14)13(10)17-5/h6-7,9H,8H2,1-5H3/t9-/m1/s1. The first-order valence-electron chi connectivity index (χ1n) is 5.57. The molecule has 0 aliphatic carbocycles. The number of likely N-dealkylation sites (N-methyl/N-ethyl adjacent to an activating group) is 1. The molecule has 0 spiro atoms. The molecule has 0 aliphatic rings. The highest BCUT2D eigenvalue weighted by atomic mass is 127. The molecule has 0 unspecified atom stereocenters. The van der Waals surface area contributed by atoms with Gasteiger partial charge in [-0.05, 0) is 62.2 Å². The van der Waals surface area contributed by atoms with Crippen molar-refractivity contribution in [2.75, 3.05) is 28.3 Å².